The fourth-order valence-electron chi connectivity index (χ4n) is 3.19. The number of amides is 1. The molecule has 0 fully saturated rings. The molecule has 0 saturated carbocycles. The van der Waals surface area contributed by atoms with E-state index in [-0.39, 0.29) is 17.3 Å². The number of fused-ring (bicyclic) bond motifs is 3. The minimum atomic E-state index is -0.0352. The lowest BCUT2D eigenvalue weighted by atomic mass is 10.1. The normalized spacial score (nSPS) is 24.4. The summed E-state index contributed by atoms with van der Waals surface area (Å²) in [6.45, 7) is 6.13. The zero-order valence-corrected chi connectivity index (χ0v) is 14.8. The number of hydrogen-bond acceptors (Lipinski definition) is 5. The molecule has 3 heterocycles. The van der Waals surface area contributed by atoms with Crippen molar-refractivity contribution in [2.24, 2.45) is 4.99 Å². The molecule has 1 aromatic rings. The molecular formula is C17H17N3OS2. The number of thioether (sulfide) groups is 2. The lowest BCUT2D eigenvalue weighted by molar-refractivity contribution is -0.112. The summed E-state index contributed by atoms with van der Waals surface area (Å²) in [5, 5.41) is 6.25. The Morgan fingerprint density at radius 1 is 1.26 bits per heavy atom. The Kier molecular flexibility index (Phi) is 3.54. The summed E-state index contributed by atoms with van der Waals surface area (Å²) >= 11 is 3.19. The quantitative estimate of drug-likeness (QED) is 0.888. The second kappa shape index (κ2) is 5.46. The SMILES string of the molecule is Cc1cc(C)c(NC(=O)C2=CC3C(N=C4SC=CN43)S2)c(C)c1. The monoisotopic (exact) mass is 343 g/mol. The molecule has 118 valence electrons. The number of carbonyl (C=O) groups is 1. The summed E-state index contributed by atoms with van der Waals surface area (Å²) < 4.78 is 0. The number of amidine groups is 1. The fraction of sp³-hybridized carbons (Fsp3) is 0.294. The minimum absolute atomic E-state index is 0.0352. The van der Waals surface area contributed by atoms with Gasteiger partial charge in [-0.15, -0.1) is 0 Å². The molecule has 4 rings (SSSR count). The van der Waals surface area contributed by atoms with Crippen LogP contribution in [0.2, 0.25) is 0 Å². The van der Waals surface area contributed by atoms with Crippen molar-refractivity contribution in [1.29, 1.82) is 0 Å². The van der Waals surface area contributed by atoms with Crippen LogP contribution in [0.4, 0.5) is 5.69 Å². The number of carbonyl (C=O) groups excluding carboxylic acids is 1. The van der Waals surface area contributed by atoms with Crippen LogP contribution in [0.3, 0.4) is 0 Å². The molecule has 1 amide bonds. The van der Waals surface area contributed by atoms with E-state index in [1.165, 1.54) is 5.56 Å². The number of nitrogens with one attached hydrogen (secondary N) is 1. The van der Waals surface area contributed by atoms with Crippen molar-refractivity contribution in [3.63, 3.8) is 0 Å². The fourth-order valence-corrected chi connectivity index (χ4v) is 5.19. The molecule has 3 aliphatic rings. The Morgan fingerprint density at radius 2 is 2.00 bits per heavy atom. The van der Waals surface area contributed by atoms with Crippen LogP contribution < -0.4 is 5.32 Å². The summed E-state index contributed by atoms with van der Waals surface area (Å²) in [5.41, 5.74) is 4.32. The number of anilines is 1. The van der Waals surface area contributed by atoms with Crippen molar-refractivity contribution in [1.82, 2.24) is 4.90 Å². The maximum absolute atomic E-state index is 12.6. The predicted molar refractivity (Wildman–Crippen MR) is 98.5 cm³/mol. The van der Waals surface area contributed by atoms with E-state index in [1.54, 1.807) is 23.5 Å². The number of benzene rings is 1. The number of nitrogens with zero attached hydrogens (tertiary/aromatic N) is 2. The molecule has 1 aromatic carbocycles. The molecule has 0 aliphatic carbocycles. The number of rotatable bonds is 2. The van der Waals surface area contributed by atoms with Crippen molar-refractivity contribution in [2.75, 3.05) is 5.32 Å². The van der Waals surface area contributed by atoms with Gasteiger partial charge in [-0.25, -0.2) is 4.99 Å². The average molecular weight is 343 g/mol. The number of aryl methyl sites for hydroxylation is 3. The van der Waals surface area contributed by atoms with E-state index in [2.05, 4.69) is 34.3 Å². The Labute approximate surface area is 144 Å². The first-order chi connectivity index (χ1) is 11.0. The van der Waals surface area contributed by atoms with Crippen LogP contribution in [0, 0.1) is 20.8 Å². The zero-order valence-electron chi connectivity index (χ0n) is 13.2. The van der Waals surface area contributed by atoms with Gasteiger partial charge < -0.3 is 10.2 Å². The van der Waals surface area contributed by atoms with E-state index in [0.717, 1.165) is 26.9 Å². The molecule has 23 heavy (non-hydrogen) atoms. The lowest BCUT2D eigenvalue weighted by Crippen LogP contribution is -2.28. The molecule has 0 spiro atoms. The van der Waals surface area contributed by atoms with Gasteiger partial charge in [0.25, 0.3) is 5.91 Å². The number of aliphatic imine (C=N–C) groups is 1. The second-order valence-corrected chi connectivity index (χ2v) is 8.01. The minimum Gasteiger partial charge on any atom is -0.321 e. The van der Waals surface area contributed by atoms with Gasteiger partial charge in [0.1, 0.15) is 5.37 Å². The maximum Gasteiger partial charge on any atom is 0.261 e. The lowest BCUT2D eigenvalue weighted by Gasteiger charge is -2.16. The van der Waals surface area contributed by atoms with Gasteiger partial charge in [-0.1, -0.05) is 41.2 Å². The van der Waals surface area contributed by atoms with Crippen LogP contribution in [-0.4, -0.2) is 27.4 Å². The summed E-state index contributed by atoms with van der Waals surface area (Å²) in [6.07, 6.45) is 4.08. The van der Waals surface area contributed by atoms with Gasteiger partial charge in [-0.05, 0) is 43.4 Å². The van der Waals surface area contributed by atoms with E-state index in [1.807, 2.05) is 31.5 Å². The van der Waals surface area contributed by atoms with Gasteiger partial charge in [0.15, 0.2) is 5.17 Å². The predicted octanol–water partition coefficient (Wildman–Crippen LogP) is 3.77. The van der Waals surface area contributed by atoms with Crippen LogP contribution in [0.1, 0.15) is 16.7 Å². The Hall–Kier alpha value is -1.66. The molecular weight excluding hydrogens is 326 g/mol. The topological polar surface area (TPSA) is 44.7 Å². The Bertz CT molecular complexity index is 774. The van der Waals surface area contributed by atoms with Crippen LogP contribution in [0.15, 0.2) is 39.7 Å². The standard InChI is InChI=1S/C17H17N3OS2/c1-9-6-10(2)14(11(3)7-9)18-15(21)13-8-12-16(23-13)19-17-20(12)4-5-22-17/h4-8,12,16H,1-3H3,(H,18,21). The van der Waals surface area contributed by atoms with Gasteiger partial charge in [-0.2, -0.15) is 0 Å². The Morgan fingerprint density at radius 3 is 2.74 bits per heavy atom. The first-order valence-corrected chi connectivity index (χ1v) is 9.26. The highest BCUT2D eigenvalue weighted by molar-refractivity contribution is 8.16. The highest BCUT2D eigenvalue weighted by Gasteiger charge is 2.42. The van der Waals surface area contributed by atoms with Crippen molar-refractivity contribution < 1.29 is 4.79 Å². The van der Waals surface area contributed by atoms with E-state index < -0.39 is 0 Å². The summed E-state index contributed by atoms with van der Waals surface area (Å²) in [5.74, 6) is -0.0352. The average Bonchev–Trinajstić information content (AvgIpc) is 3.13. The zero-order chi connectivity index (χ0) is 16.1. The molecule has 3 aliphatic heterocycles. The highest BCUT2D eigenvalue weighted by atomic mass is 32.2. The third-order valence-electron chi connectivity index (χ3n) is 4.18. The molecule has 0 aromatic heterocycles. The van der Waals surface area contributed by atoms with Crippen LogP contribution >= 0.6 is 23.5 Å². The summed E-state index contributed by atoms with van der Waals surface area (Å²) in [7, 11) is 0. The van der Waals surface area contributed by atoms with Crippen molar-refractivity contribution in [2.45, 2.75) is 32.2 Å². The highest BCUT2D eigenvalue weighted by Crippen LogP contribution is 2.44. The molecule has 0 radical (unpaired) electrons. The first kappa shape index (κ1) is 14.9. The third kappa shape index (κ3) is 2.50. The van der Waals surface area contributed by atoms with Gasteiger partial charge in [0, 0.05) is 11.9 Å². The van der Waals surface area contributed by atoms with E-state index in [4.69, 9.17) is 0 Å². The summed E-state index contributed by atoms with van der Waals surface area (Å²) in [4.78, 5) is 20.2. The van der Waals surface area contributed by atoms with Gasteiger partial charge in [-0.3, -0.25) is 4.79 Å². The van der Waals surface area contributed by atoms with Crippen LogP contribution in [-0.2, 0) is 4.79 Å². The van der Waals surface area contributed by atoms with E-state index >= 15 is 0 Å². The van der Waals surface area contributed by atoms with Crippen LogP contribution in [0.5, 0.6) is 0 Å². The van der Waals surface area contributed by atoms with Crippen LogP contribution in [0.25, 0.3) is 0 Å². The maximum atomic E-state index is 12.6. The van der Waals surface area contributed by atoms with E-state index in [9.17, 15) is 4.79 Å². The smallest absolute Gasteiger partial charge is 0.261 e. The third-order valence-corrected chi connectivity index (χ3v) is 6.16. The molecule has 1 N–H and O–H groups in total. The van der Waals surface area contributed by atoms with Gasteiger partial charge >= 0.3 is 0 Å². The van der Waals surface area contributed by atoms with Crippen molar-refractivity contribution in [3.8, 4) is 0 Å². The van der Waals surface area contributed by atoms with Gasteiger partial charge in [0.2, 0.25) is 0 Å². The first-order valence-electron chi connectivity index (χ1n) is 7.50. The van der Waals surface area contributed by atoms with E-state index in [0.29, 0.717) is 0 Å². The Balaban J connectivity index is 1.53. The molecule has 2 unspecified atom stereocenters. The van der Waals surface area contributed by atoms with Gasteiger partial charge in [0.05, 0.1) is 10.9 Å². The second-order valence-electron chi connectivity index (χ2n) is 5.98. The number of hydrogen-bond donors (Lipinski definition) is 1. The molecule has 0 saturated heterocycles. The molecule has 2 atom stereocenters. The van der Waals surface area contributed by atoms with Crippen molar-refractivity contribution >= 4 is 40.3 Å². The van der Waals surface area contributed by atoms with Crippen molar-refractivity contribution in [3.05, 3.63) is 51.4 Å². The summed E-state index contributed by atoms with van der Waals surface area (Å²) in [6, 6.07) is 4.36. The molecule has 4 nitrogen and oxygen atoms in total. The molecule has 0 bridgehead atoms. The molecule has 6 heteroatoms. The largest absolute Gasteiger partial charge is 0.321 e.